The van der Waals surface area contributed by atoms with Crippen molar-refractivity contribution in [2.24, 2.45) is 0 Å². The first-order valence-electron chi connectivity index (χ1n) is 8.85. The fourth-order valence-corrected chi connectivity index (χ4v) is 3.91. The Hall–Kier alpha value is -2.60. The second-order valence-electron chi connectivity index (χ2n) is 6.44. The molecule has 0 spiro atoms. The van der Waals surface area contributed by atoms with Gasteiger partial charge in [-0.15, -0.1) is 11.3 Å². The van der Waals surface area contributed by atoms with Gasteiger partial charge in [0, 0.05) is 13.1 Å². The third kappa shape index (κ3) is 3.51. The van der Waals surface area contributed by atoms with Gasteiger partial charge in [0.1, 0.15) is 5.76 Å². The second-order valence-corrected chi connectivity index (χ2v) is 7.38. The van der Waals surface area contributed by atoms with E-state index < -0.39 is 0 Å². The summed E-state index contributed by atoms with van der Waals surface area (Å²) < 4.78 is 5.73. The lowest BCUT2D eigenvalue weighted by Crippen LogP contribution is -2.22. The third-order valence-corrected chi connectivity index (χ3v) is 5.44. The van der Waals surface area contributed by atoms with E-state index in [1.807, 2.05) is 42.6 Å². The van der Waals surface area contributed by atoms with Crippen LogP contribution in [0.4, 0.5) is 11.4 Å². The number of nitrogens with one attached hydrogen (secondary N) is 1. The molecule has 0 atom stereocenters. The number of amides is 1. The van der Waals surface area contributed by atoms with E-state index in [0.717, 1.165) is 29.3 Å². The Morgan fingerprint density at radius 2 is 2.04 bits per heavy atom. The minimum absolute atomic E-state index is 0.0780. The van der Waals surface area contributed by atoms with Crippen LogP contribution in [0.3, 0.4) is 0 Å². The Morgan fingerprint density at radius 3 is 2.81 bits per heavy atom. The van der Waals surface area contributed by atoms with Crippen LogP contribution in [0.25, 0.3) is 10.8 Å². The van der Waals surface area contributed by atoms with Crippen LogP contribution < -0.4 is 10.2 Å². The van der Waals surface area contributed by atoms with Crippen LogP contribution in [0, 0.1) is 6.92 Å². The number of carbonyl (C=O) groups is 1. The van der Waals surface area contributed by atoms with Gasteiger partial charge in [-0.3, -0.25) is 4.79 Å². The summed E-state index contributed by atoms with van der Waals surface area (Å²) in [5, 5.41) is 5.03. The molecule has 1 aromatic carbocycles. The molecule has 0 unspecified atom stereocenters. The van der Waals surface area contributed by atoms with E-state index in [-0.39, 0.29) is 12.3 Å². The van der Waals surface area contributed by atoms with Crippen LogP contribution >= 0.6 is 11.3 Å². The van der Waals surface area contributed by atoms with Crippen molar-refractivity contribution >= 4 is 28.6 Å². The van der Waals surface area contributed by atoms with Gasteiger partial charge in [0.2, 0.25) is 11.8 Å². The number of aryl methyl sites for hydroxylation is 1. The molecular weight excluding hydrogens is 346 g/mol. The fourth-order valence-electron chi connectivity index (χ4n) is 3.26. The normalized spacial score (nSPS) is 14.0. The smallest absolute Gasteiger partial charge is 0.236 e. The first kappa shape index (κ1) is 16.8. The number of aromatic nitrogens is 1. The van der Waals surface area contributed by atoms with Crippen molar-refractivity contribution in [3.05, 3.63) is 53.2 Å². The molecule has 1 aliphatic rings. The van der Waals surface area contributed by atoms with E-state index in [0.29, 0.717) is 17.3 Å². The zero-order chi connectivity index (χ0) is 17.9. The lowest BCUT2D eigenvalue weighted by atomic mass is 10.2. The van der Waals surface area contributed by atoms with Crippen molar-refractivity contribution in [3.63, 3.8) is 0 Å². The van der Waals surface area contributed by atoms with Gasteiger partial charge < -0.3 is 14.6 Å². The molecule has 26 heavy (non-hydrogen) atoms. The van der Waals surface area contributed by atoms with Gasteiger partial charge in [0.15, 0.2) is 0 Å². The van der Waals surface area contributed by atoms with Crippen LogP contribution in [-0.4, -0.2) is 24.0 Å². The Labute approximate surface area is 156 Å². The van der Waals surface area contributed by atoms with Gasteiger partial charge in [-0.05, 0) is 43.3 Å². The molecular formula is C20H21N3O2S. The average Bonchev–Trinajstić information content (AvgIpc) is 3.37. The summed E-state index contributed by atoms with van der Waals surface area (Å²) >= 11 is 1.57. The number of rotatable bonds is 5. The summed E-state index contributed by atoms with van der Waals surface area (Å²) in [6.45, 7) is 3.93. The van der Waals surface area contributed by atoms with Crippen molar-refractivity contribution in [2.45, 2.75) is 26.2 Å². The molecule has 3 heterocycles. The first-order valence-corrected chi connectivity index (χ1v) is 9.72. The highest BCUT2D eigenvalue weighted by Crippen LogP contribution is 2.29. The molecule has 0 bridgehead atoms. The maximum atomic E-state index is 12.6. The zero-order valence-electron chi connectivity index (χ0n) is 14.7. The maximum absolute atomic E-state index is 12.6. The largest absolute Gasteiger partial charge is 0.440 e. The van der Waals surface area contributed by atoms with Gasteiger partial charge >= 0.3 is 0 Å². The van der Waals surface area contributed by atoms with Gasteiger partial charge in [0.05, 0.1) is 28.4 Å². The summed E-state index contributed by atoms with van der Waals surface area (Å²) in [7, 11) is 0. The number of carbonyl (C=O) groups excluding carboxylic acids is 1. The molecule has 0 aliphatic carbocycles. The molecule has 1 saturated heterocycles. The van der Waals surface area contributed by atoms with Crippen LogP contribution in [0.2, 0.25) is 0 Å². The number of nitrogens with zero attached hydrogens (tertiary/aromatic N) is 2. The number of oxazole rings is 1. The van der Waals surface area contributed by atoms with E-state index in [1.54, 1.807) is 11.3 Å². The Bertz CT molecular complexity index is 896. The van der Waals surface area contributed by atoms with Crippen molar-refractivity contribution in [2.75, 3.05) is 23.3 Å². The SMILES string of the molecule is Cc1oc(-c2cccs2)nc1CC(=O)Nc1ccccc1N1CCCC1. The standard InChI is InChI=1S/C20H21N3O2S/c1-14-16(22-20(25-14)18-9-6-12-26-18)13-19(24)21-15-7-2-3-8-17(15)23-10-4-5-11-23/h2-3,6-9,12H,4-5,10-11,13H2,1H3,(H,21,24). The number of hydrogen-bond donors (Lipinski definition) is 1. The highest BCUT2D eigenvalue weighted by Gasteiger charge is 2.19. The van der Waals surface area contributed by atoms with Crippen molar-refractivity contribution < 1.29 is 9.21 Å². The monoisotopic (exact) mass is 367 g/mol. The lowest BCUT2D eigenvalue weighted by molar-refractivity contribution is -0.115. The highest BCUT2D eigenvalue weighted by atomic mass is 32.1. The molecule has 6 heteroatoms. The number of benzene rings is 1. The molecule has 2 aromatic heterocycles. The summed E-state index contributed by atoms with van der Waals surface area (Å²) in [6, 6.07) is 11.9. The molecule has 1 amide bonds. The summed E-state index contributed by atoms with van der Waals surface area (Å²) in [5.41, 5.74) is 2.64. The van der Waals surface area contributed by atoms with Crippen molar-refractivity contribution in [3.8, 4) is 10.8 Å². The Morgan fingerprint density at radius 1 is 1.23 bits per heavy atom. The predicted octanol–water partition coefficient (Wildman–Crippen LogP) is 4.49. The van der Waals surface area contributed by atoms with Gasteiger partial charge in [-0.1, -0.05) is 18.2 Å². The molecule has 1 aliphatic heterocycles. The van der Waals surface area contributed by atoms with Gasteiger partial charge in [-0.25, -0.2) is 4.98 Å². The number of anilines is 2. The van der Waals surface area contributed by atoms with Crippen LogP contribution in [0.5, 0.6) is 0 Å². The van der Waals surface area contributed by atoms with E-state index in [4.69, 9.17) is 4.42 Å². The Kier molecular flexibility index (Phi) is 4.75. The van der Waals surface area contributed by atoms with Crippen LogP contribution in [-0.2, 0) is 11.2 Å². The lowest BCUT2D eigenvalue weighted by Gasteiger charge is -2.21. The minimum atomic E-state index is -0.0780. The third-order valence-electron chi connectivity index (χ3n) is 4.58. The number of thiophene rings is 1. The fraction of sp³-hybridized carbons (Fsp3) is 0.300. The zero-order valence-corrected chi connectivity index (χ0v) is 15.5. The average molecular weight is 367 g/mol. The van der Waals surface area contributed by atoms with E-state index in [1.165, 1.54) is 12.8 Å². The number of para-hydroxylation sites is 2. The quantitative estimate of drug-likeness (QED) is 0.722. The van der Waals surface area contributed by atoms with E-state index in [2.05, 4.69) is 21.3 Å². The molecule has 5 nitrogen and oxygen atoms in total. The predicted molar refractivity (Wildman–Crippen MR) is 105 cm³/mol. The van der Waals surface area contributed by atoms with Crippen molar-refractivity contribution in [1.29, 1.82) is 0 Å². The van der Waals surface area contributed by atoms with Crippen LogP contribution in [0.1, 0.15) is 24.3 Å². The summed E-state index contributed by atoms with van der Waals surface area (Å²) in [6.07, 6.45) is 2.60. The minimum Gasteiger partial charge on any atom is -0.440 e. The highest BCUT2D eigenvalue weighted by molar-refractivity contribution is 7.13. The van der Waals surface area contributed by atoms with E-state index in [9.17, 15) is 4.79 Å². The molecule has 3 aromatic rings. The molecule has 0 radical (unpaired) electrons. The molecule has 134 valence electrons. The Balaban J connectivity index is 1.48. The van der Waals surface area contributed by atoms with Gasteiger partial charge in [-0.2, -0.15) is 0 Å². The van der Waals surface area contributed by atoms with Gasteiger partial charge in [0.25, 0.3) is 0 Å². The molecule has 1 fully saturated rings. The first-order chi connectivity index (χ1) is 12.7. The molecule has 0 saturated carbocycles. The van der Waals surface area contributed by atoms with Crippen LogP contribution in [0.15, 0.2) is 46.2 Å². The summed E-state index contributed by atoms with van der Waals surface area (Å²) in [5.74, 6) is 1.19. The molecule has 4 rings (SSSR count). The topological polar surface area (TPSA) is 58.4 Å². The van der Waals surface area contributed by atoms with Crippen molar-refractivity contribution in [1.82, 2.24) is 4.98 Å². The second kappa shape index (κ2) is 7.33. The summed E-state index contributed by atoms with van der Waals surface area (Å²) in [4.78, 5) is 20.4. The molecule has 1 N–H and O–H groups in total. The van der Waals surface area contributed by atoms with E-state index >= 15 is 0 Å². The number of hydrogen-bond acceptors (Lipinski definition) is 5. The maximum Gasteiger partial charge on any atom is 0.236 e.